The molecule has 0 bridgehead atoms. The highest BCUT2D eigenvalue weighted by Gasteiger charge is 2.16. The summed E-state index contributed by atoms with van der Waals surface area (Å²) in [6.07, 6.45) is 0. The van der Waals surface area contributed by atoms with E-state index in [1.807, 2.05) is 32.0 Å². The summed E-state index contributed by atoms with van der Waals surface area (Å²) in [4.78, 5) is 22.2. The van der Waals surface area contributed by atoms with Crippen LogP contribution in [0.1, 0.15) is 21.5 Å². The van der Waals surface area contributed by atoms with Gasteiger partial charge in [0.05, 0.1) is 17.6 Å². The molecule has 0 unspecified atom stereocenters. The molecule has 0 aromatic heterocycles. The summed E-state index contributed by atoms with van der Waals surface area (Å²) >= 11 is 0. The lowest BCUT2D eigenvalue weighted by Gasteiger charge is -2.07. The molecule has 0 amide bonds. The molecule has 0 saturated carbocycles. The van der Waals surface area contributed by atoms with Crippen LogP contribution in [0.5, 0.6) is 0 Å². The number of rotatable bonds is 3. The van der Waals surface area contributed by atoms with Gasteiger partial charge in [0.15, 0.2) is 0 Å². The first-order chi connectivity index (χ1) is 9.90. The zero-order valence-electron chi connectivity index (χ0n) is 12.0. The number of carbonyl (C=O) groups is 1. The maximum absolute atomic E-state index is 11.7. The molecule has 0 aliphatic carbocycles. The van der Waals surface area contributed by atoms with Gasteiger partial charge in [-0.2, -0.15) is 0 Å². The molecule has 5 nitrogen and oxygen atoms in total. The number of carbonyl (C=O) groups excluding carboxylic acids is 1. The Labute approximate surface area is 122 Å². The lowest BCUT2D eigenvalue weighted by molar-refractivity contribution is -0.384. The van der Waals surface area contributed by atoms with Gasteiger partial charge in [0.1, 0.15) is 0 Å². The van der Waals surface area contributed by atoms with E-state index in [1.165, 1.54) is 19.2 Å². The predicted molar refractivity (Wildman–Crippen MR) is 79.3 cm³/mol. The van der Waals surface area contributed by atoms with Gasteiger partial charge in [-0.1, -0.05) is 29.3 Å². The SMILES string of the molecule is COC(=O)c1cc(-c2cc(C)cc(C)c2)cc([N+](=O)[O-])c1. The highest BCUT2D eigenvalue weighted by atomic mass is 16.6. The molecular formula is C16H15NO4. The number of methoxy groups -OCH3 is 1. The van der Waals surface area contributed by atoms with Crippen molar-refractivity contribution in [2.45, 2.75) is 13.8 Å². The highest BCUT2D eigenvalue weighted by molar-refractivity contribution is 5.92. The summed E-state index contributed by atoms with van der Waals surface area (Å²) < 4.78 is 4.65. The number of nitro benzene ring substituents is 1. The third kappa shape index (κ3) is 3.25. The van der Waals surface area contributed by atoms with E-state index in [4.69, 9.17) is 0 Å². The average Bonchev–Trinajstić information content (AvgIpc) is 2.44. The van der Waals surface area contributed by atoms with Crippen LogP contribution >= 0.6 is 0 Å². The standard InChI is InChI=1S/C16H15NO4/c1-10-4-11(2)6-12(5-10)13-7-14(16(18)21-3)9-15(8-13)17(19)20/h4-9H,1-3H3. The number of hydrogen-bond donors (Lipinski definition) is 0. The van der Waals surface area contributed by atoms with E-state index in [9.17, 15) is 14.9 Å². The Morgan fingerprint density at radius 1 is 1.00 bits per heavy atom. The minimum Gasteiger partial charge on any atom is -0.465 e. The zero-order valence-corrected chi connectivity index (χ0v) is 12.0. The molecule has 0 fully saturated rings. The Bertz CT molecular complexity index is 702. The number of ether oxygens (including phenoxy) is 1. The molecule has 0 atom stereocenters. The smallest absolute Gasteiger partial charge is 0.338 e. The van der Waals surface area contributed by atoms with Crippen LogP contribution in [-0.2, 0) is 4.74 Å². The molecule has 108 valence electrons. The van der Waals surface area contributed by atoms with Crippen molar-refractivity contribution >= 4 is 11.7 Å². The Balaban J connectivity index is 2.64. The number of esters is 1. The number of nitrogens with zero attached hydrogens (tertiary/aromatic N) is 1. The van der Waals surface area contributed by atoms with Crippen LogP contribution in [0.4, 0.5) is 5.69 Å². The summed E-state index contributed by atoms with van der Waals surface area (Å²) in [6, 6.07) is 10.1. The Morgan fingerprint density at radius 3 is 2.10 bits per heavy atom. The van der Waals surface area contributed by atoms with Crippen LogP contribution in [0.3, 0.4) is 0 Å². The molecule has 0 saturated heterocycles. The predicted octanol–water partition coefficient (Wildman–Crippen LogP) is 3.67. The van der Waals surface area contributed by atoms with E-state index in [-0.39, 0.29) is 11.3 Å². The molecule has 2 aromatic carbocycles. The lowest BCUT2D eigenvalue weighted by Crippen LogP contribution is -2.02. The fourth-order valence-electron chi connectivity index (χ4n) is 2.26. The number of non-ortho nitro benzene ring substituents is 1. The fourth-order valence-corrected chi connectivity index (χ4v) is 2.26. The Kier molecular flexibility index (Phi) is 4.03. The van der Waals surface area contributed by atoms with E-state index in [0.717, 1.165) is 16.7 Å². The lowest BCUT2D eigenvalue weighted by atomic mass is 9.98. The molecule has 0 aliphatic rings. The van der Waals surface area contributed by atoms with E-state index < -0.39 is 10.9 Å². The van der Waals surface area contributed by atoms with Crippen molar-refractivity contribution in [3.05, 3.63) is 63.2 Å². The van der Waals surface area contributed by atoms with Crippen molar-refractivity contribution in [2.24, 2.45) is 0 Å². The van der Waals surface area contributed by atoms with Gasteiger partial charge in [0.2, 0.25) is 0 Å². The van der Waals surface area contributed by atoms with E-state index >= 15 is 0 Å². The van der Waals surface area contributed by atoms with Crippen LogP contribution in [0, 0.1) is 24.0 Å². The third-order valence-electron chi connectivity index (χ3n) is 3.10. The minimum absolute atomic E-state index is 0.132. The van der Waals surface area contributed by atoms with Crippen molar-refractivity contribution in [3.8, 4) is 11.1 Å². The van der Waals surface area contributed by atoms with Gasteiger partial charge in [0.25, 0.3) is 5.69 Å². The third-order valence-corrected chi connectivity index (χ3v) is 3.10. The van der Waals surface area contributed by atoms with E-state index in [1.54, 1.807) is 6.07 Å². The van der Waals surface area contributed by atoms with Crippen molar-refractivity contribution in [1.82, 2.24) is 0 Å². The second-order valence-electron chi connectivity index (χ2n) is 4.89. The number of hydrogen-bond acceptors (Lipinski definition) is 4. The van der Waals surface area contributed by atoms with Gasteiger partial charge in [0, 0.05) is 12.1 Å². The number of nitro groups is 1. The molecule has 0 N–H and O–H groups in total. The fraction of sp³-hybridized carbons (Fsp3) is 0.188. The van der Waals surface area contributed by atoms with Gasteiger partial charge in [-0.25, -0.2) is 4.79 Å². The van der Waals surface area contributed by atoms with Crippen LogP contribution in [0.2, 0.25) is 0 Å². The first-order valence-corrected chi connectivity index (χ1v) is 6.37. The molecule has 0 radical (unpaired) electrons. The molecule has 0 spiro atoms. The molecular weight excluding hydrogens is 270 g/mol. The highest BCUT2D eigenvalue weighted by Crippen LogP contribution is 2.28. The molecule has 2 aromatic rings. The van der Waals surface area contributed by atoms with Crippen LogP contribution in [-0.4, -0.2) is 18.0 Å². The maximum atomic E-state index is 11.7. The maximum Gasteiger partial charge on any atom is 0.338 e. The van der Waals surface area contributed by atoms with Gasteiger partial charge < -0.3 is 4.74 Å². The number of benzene rings is 2. The summed E-state index contributed by atoms with van der Waals surface area (Å²) in [6.45, 7) is 3.91. The number of aryl methyl sites for hydroxylation is 2. The van der Waals surface area contributed by atoms with Crippen LogP contribution < -0.4 is 0 Å². The minimum atomic E-state index is -0.593. The second-order valence-corrected chi connectivity index (χ2v) is 4.89. The van der Waals surface area contributed by atoms with Gasteiger partial charge >= 0.3 is 5.97 Å². The Hall–Kier alpha value is -2.69. The largest absolute Gasteiger partial charge is 0.465 e. The first-order valence-electron chi connectivity index (χ1n) is 6.37. The molecule has 21 heavy (non-hydrogen) atoms. The van der Waals surface area contributed by atoms with Crippen molar-refractivity contribution in [1.29, 1.82) is 0 Å². The van der Waals surface area contributed by atoms with Gasteiger partial charge in [-0.05, 0) is 31.0 Å². The molecule has 0 heterocycles. The average molecular weight is 285 g/mol. The summed E-state index contributed by atoms with van der Waals surface area (Å²) in [5.74, 6) is -0.593. The topological polar surface area (TPSA) is 69.4 Å². The van der Waals surface area contributed by atoms with Crippen LogP contribution in [0.25, 0.3) is 11.1 Å². The first kappa shape index (κ1) is 14.7. The summed E-state index contributed by atoms with van der Waals surface area (Å²) in [7, 11) is 1.25. The van der Waals surface area contributed by atoms with Gasteiger partial charge in [-0.15, -0.1) is 0 Å². The normalized spacial score (nSPS) is 10.2. The van der Waals surface area contributed by atoms with E-state index in [0.29, 0.717) is 5.56 Å². The van der Waals surface area contributed by atoms with Crippen LogP contribution in [0.15, 0.2) is 36.4 Å². The molecule has 0 aliphatic heterocycles. The molecule has 5 heteroatoms. The van der Waals surface area contributed by atoms with Crippen molar-refractivity contribution < 1.29 is 14.5 Å². The Morgan fingerprint density at radius 2 is 1.57 bits per heavy atom. The quantitative estimate of drug-likeness (QED) is 0.490. The molecule has 2 rings (SSSR count). The zero-order chi connectivity index (χ0) is 15.6. The van der Waals surface area contributed by atoms with Crippen molar-refractivity contribution in [2.75, 3.05) is 7.11 Å². The summed E-state index contributed by atoms with van der Waals surface area (Å²) in [5, 5.41) is 11.0. The summed E-state index contributed by atoms with van der Waals surface area (Å²) in [5.41, 5.74) is 3.60. The monoisotopic (exact) mass is 285 g/mol. The van der Waals surface area contributed by atoms with Crippen molar-refractivity contribution in [3.63, 3.8) is 0 Å². The van der Waals surface area contributed by atoms with Gasteiger partial charge in [-0.3, -0.25) is 10.1 Å². The van der Waals surface area contributed by atoms with E-state index in [2.05, 4.69) is 4.74 Å². The second kappa shape index (κ2) is 5.75.